The van der Waals surface area contributed by atoms with E-state index in [4.69, 9.17) is 37.1 Å². The zero-order valence-corrected chi connectivity index (χ0v) is 36.3. The van der Waals surface area contributed by atoms with Gasteiger partial charge in [-0.25, -0.2) is 4.79 Å². The Hall–Kier alpha value is -6.61. The van der Waals surface area contributed by atoms with Crippen LogP contribution in [0.25, 0.3) is 0 Å². The minimum Gasteiger partial charge on any atom is -0.497 e. The van der Waals surface area contributed by atoms with Crippen molar-refractivity contribution >= 4 is 29.8 Å². The van der Waals surface area contributed by atoms with E-state index in [0.29, 0.717) is 47.5 Å². The average Bonchev–Trinajstić information content (AvgIpc) is 3.25. The number of nitrogens with one attached hydrogen (secondary N) is 2. The third-order valence-electron chi connectivity index (χ3n) is 10.2. The molecule has 10 N–H and O–H groups in total. The molecule has 0 spiro atoms. The molecule has 4 amide bonds. The number of primary amides is 1. The quantitative estimate of drug-likeness (QED) is 0.0281. The van der Waals surface area contributed by atoms with Gasteiger partial charge >= 0.3 is 6.09 Å². The molecule has 0 aromatic heterocycles. The van der Waals surface area contributed by atoms with Crippen LogP contribution in [-0.2, 0) is 31.1 Å². The highest BCUT2D eigenvalue weighted by molar-refractivity contribution is 5.94. The van der Waals surface area contributed by atoms with Crippen LogP contribution in [0.5, 0.6) is 11.5 Å². The second kappa shape index (κ2) is 22.8. The summed E-state index contributed by atoms with van der Waals surface area (Å²) in [7, 11) is 3.12. The van der Waals surface area contributed by atoms with Crippen molar-refractivity contribution in [2.75, 3.05) is 27.3 Å². The Bertz CT molecular complexity index is 2020. The van der Waals surface area contributed by atoms with Gasteiger partial charge in [0.15, 0.2) is 5.96 Å². The molecule has 15 nitrogen and oxygen atoms in total. The topological polar surface area (TPSA) is 240 Å². The predicted octanol–water partition coefficient (Wildman–Crippen LogP) is 4.48. The fourth-order valence-corrected chi connectivity index (χ4v) is 7.32. The van der Waals surface area contributed by atoms with Crippen molar-refractivity contribution in [2.24, 2.45) is 27.9 Å². The number of benzene rings is 4. The van der Waals surface area contributed by atoms with Crippen LogP contribution in [0, 0.1) is 0 Å². The molecule has 0 heterocycles. The first kappa shape index (κ1) is 48.1. The molecule has 3 atom stereocenters. The molecule has 0 aliphatic carbocycles. The van der Waals surface area contributed by atoms with Crippen molar-refractivity contribution in [2.45, 2.75) is 88.6 Å². The molecule has 0 bridgehead atoms. The Balaban J connectivity index is 1.99. The van der Waals surface area contributed by atoms with E-state index in [-0.39, 0.29) is 38.3 Å². The molecule has 0 radical (unpaired) electrons. The standard InChI is InChI=1S/C47H62N8O7/c1-46(2,3)62-45(59)53-29-13-12-20-40(42(57)54-39(41(49)56)31-32-15-8-6-9-16-32)55(43(58)38(48)19-14-30-52-44(50)51)47(33-17-10-7-11-18-33,34-21-25-36(60-4)26-22-34)35-23-27-37(61-5)28-24-35/h6-11,15-18,21-28,38-40H,12-14,19-20,29-31,48H2,1-5H3,(H2,49,56)(H,53,59)(H,54,57)(H4,50,51,52)/t38-,39+,40+/m1/s1. The van der Waals surface area contributed by atoms with Gasteiger partial charge in [0.1, 0.15) is 34.7 Å². The highest BCUT2D eigenvalue weighted by atomic mass is 16.6. The summed E-state index contributed by atoms with van der Waals surface area (Å²) in [6.45, 7) is 5.76. The molecule has 0 saturated carbocycles. The molecule has 15 heteroatoms. The van der Waals surface area contributed by atoms with Crippen LogP contribution < -0.4 is 43.0 Å². The monoisotopic (exact) mass is 850 g/mol. The van der Waals surface area contributed by atoms with E-state index in [1.165, 1.54) is 0 Å². The van der Waals surface area contributed by atoms with E-state index >= 15 is 9.59 Å². The lowest BCUT2D eigenvalue weighted by molar-refractivity contribution is -0.147. The van der Waals surface area contributed by atoms with E-state index in [1.54, 1.807) is 64.2 Å². The number of nitrogens with two attached hydrogens (primary N) is 4. The number of nitrogens with zero attached hydrogens (tertiary/aromatic N) is 2. The number of ether oxygens (including phenoxy) is 3. The smallest absolute Gasteiger partial charge is 0.407 e. The molecule has 0 saturated heterocycles. The van der Waals surface area contributed by atoms with Crippen LogP contribution in [0.4, 0.5) is 4.79 Å². The summed E-state index contributed by atoms with van der Waals surface area (Å²) >= 11 is 0. The van der Waals surface area contributed by atoms with Crippen LogP contribution >= 0.6 is 0 Å². The van der Waals surface area contributed by atoms with Crippen molar-refractivity contribution in [3.63, 3.8) is 0 Å². The number of carbonyl (C=O) groups is 4. The Morgan fingerprint density at radius 1 is 0.710 bits per heavy atom. The van der Waals surface area contributed by atoms with Crippen LogP contribution in [0.15, 0.2) is 114 Å². The van der Waals surface area contributed by atoms with Gasteiger partial charge in [-0.15, -0.1) is 0 Å². The van der Waals surface area contributed by atoms with Gasteiger partial charge in [-0.3, -0.25) is 19.4 Å². The SMILES string of the molecule is COc1ccc(C(c2ccccc2)(c2ccc(OC)cc2)N(C(=O)[C@H](N)CCCN=C(N)N)[C@@H](CCCCNC(=O)OC(C)(C)C)C(=O)N[C@@H](Cc2ccccc2)C(N)=O)cc1. The summed E-state index contributed by atoms with van der Waals surface area (Å²) in [4.78, 5) is 62.3. The third-order valence-corrected chi connectivity index (χ3v) is 10.2. The maximum Gasteiger partial charge on any atom is 0.407 e. The number of guanidine groups is 1. The molecular weight excluding hydrogens is 789 g/mol. The first-order chi connectivity index (χ1) is 29.6. The molecule has 62 heavy (non-hydrogen) atoms. The normalized spacial score (nSPS) is 12.8. The second-order valence-electron chi connectivity index (χ2n) is 15.9. The Kier molecular flexibility index (Phi) is 17.7. The minimum atomic E-state index is -1.55. The summed E-state index contributed by atoms with van der Waals surface area (Å²) < 4.78 is 16.6. The van der Waals surface area contributed by atoms with Crippen molar-refractivity contribution in [3.8, 4) is 11.5 Å². The van der Waals surface area contributed by atoms with Crippen LogP contribution in [0.2, 0.25) is 0 Å². The lowest BCUT2D eigenvalue weighted by Gasteiger charge is -2.49. The van der Waals surface area contributed by atoms with Gasteiger partial charge in [0.25, 0.3) is 0 Å². The fourth-order valence-electron chi connectivity index (χ4n) is 7.32. The molecule has 4 aromatic carbocycles. The van der Waals surface area contributed by atoms with E-state index in [0.717, 1.165) is 5.56 Å². The van der Waals surface area contributed by atoms with Crippen LogP contribution in [0.1, 0.15) is 75.1 Å². The molecule has 0 unspecified atom stereocenters. The lowest BCUT2D eigenvalue weighted by Crippen LogP contribution is -2.64. The maximum atomic E-state index is 15.7. The van der Waals surface area contributed by atoms with Crippen LogP contribution in [-0.4, -0.2) is 85.7 Å². The minimum absolute atomic E-state index is 0.0754. The fraction of sp³-hybridized carbons (Fsp3) is 0.383. The van der Waals surface area contributed by atoms with Gasteiger partial charge in [-0.05, 0) is 99.4 Å². The summed E-state index contributed by atoms with van der Waals surface area (Å²) in [5.41, 5.74) is 24.4. The van der Waals surface area contributed by atoms with Gasteiger partial charge in [-0.1, -0.05) is 84.9 Å². The zero-order chi connectivity index (χ0) is 45.3. The summed E-state index contributed by atoms with van der Waals surface area (Å²) in [6, 6.07) is 29.5. The van der Waals surface area contributed by atoms with Crippen LogP contribution in [0.3, 0.4) is 0 Å². The van der Waals surface area contributed by atoms with Gasteiger partial charge < -0.3 is 52.7 Å². The summed E-state index contributed by atoms with van der Waals surface area (Å²) in [6.07, 6.45) is 0.863. The Morgan fingerprint density at radius 3 is 1.74 bits per heavy atom. The number of hydrogen-bond acceptors (Lipinski definition) is 9. The van der Waals surface area contributed by atoms with Gasteiger partial charge in [0, 0.05) is 19.5 Å². The Labute approximate surface area is 364 Å². The largest absolute Gasteiger partial charge is 0.497 e. The molecule has 0 aliphatic heterocycles. The van der Waals surface area contributed by atoms with E-state index in [1.807, 2.05) is 84.9 Å². The number of unbranched alkanes of at least 4 members (excludes halogenated alkanes) is 1. The number of hydrogen-bond donors (Lipinski definition) is 6. The second-order valence-corrected chi connectivity index (χ2v) is 15.9. The van der Waals surface area contributed by atoms with Crippen molar-refractivity contribution < 1.29 is 33.4 Å². The summed E-state index contributed by atoms with van der Waals surface area (Å²) in [5, 5.41) is 5.71. The van der Waals surface area contributed by atoms with E-state index in [2.05, 4.69) is 15.6 Å². The number of rotatable bonds is 22. The third kappa shape index (κ3) is 13.2. The first-order valence-corrected chi connectivity index (χ1v) is 20.7. The van der Waals surface area contributed by atoms with Crippen molar-refractivity contribution in [1.29, 1.82) is 0 Å². The molecular formula is C47H62N8O7. The lowest BCUT2D eigenvalue weighted by atomic mass is 9.73. The zero-order valence-electron chi connectivity index (χ0n) is 36.3. The van der Waals surface area contributed by atoms with Crippen molar-refractivity contribution in [1.82, 2.24) is 15.5 Å². The highest BCUT2D eigenvalue weighted by Crippen LogP contribution is 2.46. The summed E-state index contributed by atoms with van der Waals surface area (Å²) in [5.74, 6) is -0.903. The van der Waals surface area contributed by atoms with E-state index < -0.39 is 53.1 Å². The number of methoxy groups -OCH3 is 2. The number of aliphatic imine (C=N–C) groups is 1. The van der Waals surface area contributed by atoms with Gasteiger partial charge in [0.05, 0.1) is 20.3 Å². The van der Waals surface area contributed by atoms with E-state index in [9.17, 15) is 9.59 Å². The number of carbonyl (C=O) groups excluding carboxylic acids is 4. The molecule has 4 rings (SSSR count). The predicted molar refractivity (Wildman–Crippen MR) is 240 cm³/mol. The van der Waals surface area contributed by atoms with Gasteiger partial charge in [-0.2, -0.15) is 0 Å². The maximum absolute atomic E-state index is 15.7. The number of alkyl carbamates (subject to hydrolysis) is 1. The molecule has 0 fully saturated rings. The van der Waals surface area contributed by atoms with Gasteiger partial charge in [0.2, 0.25) is 17.7 Å². The highest BCUT2D eigenvalue weighted by Gasteiger charge is 2.50. The average molecular weight is 851 g/mol. The molecule has 0 aliphatic rings. The number of amides is 4. The Morgan fingerprint density at radius 2 is 1.24 bits per heavy atom. The molecule has 4 aromatic rings. The first-order valence-electron chi connectivity index (χ1n) is 20.7. The van der Waals surface area contributed by atoms with Crippen molar-refractivity contribution in [3.05, 3.63) is 131 Å². The molecule has 332 valence electrons.